The van der Waals surface area contributed by atoms with Crippen molar-refractivity contribution in [2.45, 2.75) is 110 Å². The van der Waals surface area contributed by atoms with Gasteiger partial charge in [-0.1, -0.05) is 20.8 Å². The van der Waals surface area contributed by atoms with Gasteiger partial charge >= 0.3 is 0 Å². The van der Waals surface area contributed by atoms with E-state index in [1.807, 2.05) is 0 Å². The van der Waals surface area contributed by atoms with Gasteiger partial charge < -0.3 is 26.8 Å². The van der Waals surface area contributed by atoms with E-state index in [1.54, 1.807) is 0 Å². The highest BCUT2D eigenvalue weighted by Gasteiger charge is 2.60. The minimum Gasteiger partial charge on any atom is -0.396 e. The topological polar surface area (TPSA) is 82.3 Å². The lowest BCUT2D eigenvalue weighted by Gasteiger charge is -2.61. The fourth-order valence-corrected chi connectivity index (χ4v) is 10.0. The fraction of sp³-hybridized carbons (Fsp3) is 1.00. The summed E-state index contributed by atoms with van der Waals surface area (Å²) in [6, 6.07) is 0.740. The molecule has 4 aliphatic rings. The summed E-state index contributed by atoms with van der Waals surface area (Å²) >= 11 is 0. The van der Waals surface area contributed by atoms with Crippen LogP contribution in [0.5, 0.6) is 0 Å². The number of fused-ring (bicyclic) bond motifs is 5. The molecule has 0 aliphatic heterocycles. The van der Waals surface area contributed by atoms with Gasteiger partial charge in [-0.15, -0.1) is 49.6 Å². The third kappa shape index (κ3) is 9.97. The number of nitrogens with one attached hydrogen (secondary N) is 3. The molecule has 4 saturated carbocycles. The molecule has 4 fully saturated rings. The van der Waals surface area contributed by atoms with Crippen LogP contribution in [0.3, 0.4) is 0 Å². The van der Waals surface area contributed by atoms with Crippen molar-refractivity contribution in [3.05, 3.63) is 0 Å². The molecule has 0 saturated heterocycles. The summed E-state index contributed by atoms with van der Waals surface area (Å²) in [6.45, 7) is 14.4. The largest absolute Gasteiger partial charge is 0.396 e. The van der Waals surface area contributed by atoms with Crippen LogP contribution in [0, 0.1) is 46.3 Å². The van der Waals surface area contributed by atoms with Gasteiger partial charge in [-0.3, -0.25) is 0 Å². The van der Waals surface area contributed by atoms with Crippen molar-refractivity contribution in [3.63, 3.8) is 0 Å². The summed E-state index contributed by atoms with van der Waals surface area (Å²) in [5.41, 5.74) is 6.59. The molecule has 0 unspecified atom stereocenters. The van der Waals surface area contributed by atoms with Gasteiger partial charge in [-0.2, -0.15) is 0 Å². The van der Waals surface area contributed by atoms with Crippen LogP contribution in [0.2, 0.25) is 0 Å². The van der Waals surface area contributed by atoms with E-state index >= 15 is 0 Å². The van der Waals surface area contributed by atoms with Crippen molar-refractivity contribution in [2.24, 2.45) is 52.1 Å². The van der Waals surface area contributed by atoms with E-state index < -0.39 is 0 Å². The zero-order valence-corrected chi connectivity index (χ0v) is 29.6. The highest BCUT2D eigenvalue weighted by Crippen LogP contribution is 2.68. The molecule has 0 spiro atoms. The van der Waals surface area contributed by atoms with Crippen LogP contribution in [0.4, 0.5) is 0 Å². The smallest absolute Gasteiger partial charge is 0.0459 e. The zero-order chi connectivity index (χ0) is 26.3. The monoisotopic (exact) mass is 662 g/mol. The Bertz CT molecular complexity index is 694. The minimum atomic E-state index is 0. The second kappa shape index (κ2) is 20.2. The number of nitrogens with two attached hydrogens (primary N) is 1. The number of aliphatic hydroxyl groups excluding tert-OH is 1. The molecule has 9 atom stereocenters. The quantitative estimate of drug-likeness (QED) is 0.127. The molecule has 0 bridgehead atoms. The Morgan fingerprint density at radius 2 is 1.34 bits per heavy atom. The van der Waals surface area contributed by atoms with E-state index in [2.05, 4.69) is 36.7 Å². The first kappa shape index (κ1) is 42.0. The Labute approximate surface area is 277 Å². The summed E-state index contributed by atoms with van der Waals surface area (Å²) in [5, 5.41) is 21.0. The lowest BCUT2D eigenvalue weighted by atomic mass is 9.44. The maximum atomic E-state index is 9.90. The van der Waals surface area contributed by atoms with Crippen molar-refractivity contribution in [3.8, 4) is 0 Å². The number of unbranched alkanes of at least 4 members (excludes halogenated alkanes) is 1. The van der Waals surface area contributed by atoms with Crippen LogP contribution >= 0.6 is 49.6 Å². The molecule has 6 N–H and O–H groups in total. The third-order valence-electron chi connectivity index (χ3n) is 12.2. The zero-order valence-electron chi connectivity index (χ0n) is 26.3. The Morgan fingerprint density at radius 1 is 0.732 bits per heavy atom. The average molecular weight is 665 g/mol. The molecule has 0 amide bonds. The average Bonchev–Trinajstić information content (AvgIpc) is 3.26. The Morgan fingerprint density at radius 3 is 2.00 bits per heavy atom. The number of aliphatic hydroxyl groups is 1. The standard InChI is InChI=1S/C32H62N4O.4ClH/c1-24(23-37)28-10-11-29-27-9-8-25-22-26(12-14-31(25,2)30(27)13-15-32(28,29)3)36-21-7-20-35-18-5-4-17-34-19-6-16-33;;;;/h24-30,34-37H,4-23,33H2,1-3H3;4*1H/t24-,25+,26-,27+,28-,29+,30+,31+,32-;;;;/m1..../s1. The fourth-order valence-electron chi connectivity index (χ4n) is 10.0. The maximum absolute atomic E-state index is 9.90. The first-order valence-electron chi connectivity index (χ1n) is 16.4. The molecule has 0 aromatic rings. The predicted octanol–water partition coefficient (Wildman–Crippen LogP) is 6.62. The molecule has 4 rings (SSSR count). The molecule has 9 heteroatoms. The van der Waals surface area contributed by atoms with E-state index in [9.17, 15) is 5.11 Å². The van der Waals surface area contributed by atoms with Crippen molar-refractivity contribution in [2.75, 3.05) is 45.9 Å². The molecule has 0 radical (unpaired) electrons. The minimum absolute atomic E-state index is 0. The molecule has 4 aliphatic carbocycles. The molecular formula is C32H66Cl4N4O. The molecule has 5 nitrogen and oxygen atoms in total. The second-order valence-electron chi connectivity index (χ2n) is 14.2. The lowest BCUT2D eigenvalue weighted by molar-refractivity contribution is -0.118. The second-order valence-corrected chi connectivity index (χ2v) is 14.2. The SMILES string of the molecule is C[C@H](CO)[C@H]1CC[C@H]2[C@@H]3CC[C@H]4C[C@H](NCCCNCCCCNCCCN)CC[C@]4(C)[C@H]3CC[C@]12C.Cl.Cl.Cl.Cl. The number of halogens is 4. The Hall–Kier alpha value is 0.960. The maximum Gasteiger partial charge on any atom is 0.0459 e. The number of rotatable bonds is 15. The van der Waals surface area contributed by atoms with E-state index in [-0.39, 0.29) is 49.6 Å². The Balaban J connectivity index is 0.00000400. The highest BCUT2D eigenvalue weighted by atomic mass is 35.5. The summed E-state index contributed by atoms with van der Waals surface area (Å²) in [5.74, 6) is 4.96. The number of hydrogen-bond acceptors (Lipinski definition) is 5. The van der Waals surface area contributed by atoms with Crippen LogP contribution in [0.25, 0.3) is 0 Å². The van der Waals surface area contributed by atoms with Crippen molar-refractivity contribution < 1.29 is 5.11 Å². The molecule has 0 aromatic heterocycles. The van der Waals surface area contributed by atoms with E-state index in [0.717, 1.165) is 74.8 Å². The van der Waals surface area contributed by atoms with Crippen LogP contribution in [-0.2, 0) is 0 Å². The molecule has 41 heavy (non-hydrogen) atoms. The van der Waals surface area contributed by atoms with Gasteiger partial charge in [-0.25, -0.2) is 0 Å². The van der Waals surface area contributed by atoms with Gasteiger partial charge in [-0.05, 0) is 169 Å². The van der Waals surface area contributed by atoms with Crippen LogP contribution in [0.1, 0.15) is 104 Å². The molecular weight excluding hydrogens is 598 g/mol. The summed E-state index contributed by atoms with van der Waals surface area (Å²) in [4.78, 5) is 0. The first-order valence-corrected chi connectivity index (χ1v) is 16.4. The first-order chi connectivity index (χ1) is 17.9. The van der Waals surface area contributed by atoms with Crippen molar-refractivity contribution in [1.29, 1.82) is 0 Å². The third-order valence-corrected chi connectivity index (χ3v) is 12.2. The van der Waals surface area contributed by atoms with Gasteiger partial charge in [0.2, 0.25) is 0 Å². The summed E-state index contributed by atoms with van der Waals surface area (Å²) < 4.78 is 0. The number of hydrogen-bond donors (Lipinski definition) is 5. The normalized spacial score (nSPS) is 36.2. The van der Waals surface area contributed by atoms with Crippen LogP contribution < -0.4 is 21.7 Å². The van der Waals surface area contributed by atoms with Gasteiger partial charge in [0.15, 0.2) is 0 Å². The van der Waals surface area contributed by atoms with Gasteiger partial charge in [0, 0.05) is 12.6 Å². The highest BCUT2D eigenvalue weighted by molar-refractivity contribution is 5.86. The van der Waals surface area contributed by atoms with Gasteiger partial charge in [0.25, 0.3) is 0 Å². The van der Waals surface area contributed by atoms with Crippen molar-refractivity contribution >= 4 is 49.6 Å². The lowest BCUT2D eigenvalue weighted by Crippen LogP contribution is -2.55. The molecule has 0 heterocycles. The summed E-state index contributed by atoms with van der Waals surface area (Å²) in [6.07, 6.45) is 17.7. The van der Waals surface area contributed by atoms with Crippen LogP contribution in [-0.4, -0.2) is 57.0 Å². The van der Waals surface area contributed by atoms with E-state index in [4.69, 9.17) is 5.73 Å². The summed E-state index contributed by atoms with van der Waals surface area (Å²) in [7, 11) is 0. The Kier molecular flexibility index (Phi) is 20.6. The molecule has 248 valence electrons. The van der Waals surface area contributed by atoms with Gasteiger partial charge in [0.05, 0.1) is 0 Å². The van der Waals surface area contributed by atoms with E-state index in [1.165, 1.54) is 83.6 Å². The van der Waals surface area contributed by atoms with Gasteiger partial charge in [0.1, 0.15) is 0 Å². The predicted molar refractivity (Wildman–Crippen MR) is 186 cm³/mol. The van der Waals surface area contributed by atoms with Crippen molar-refractivity contribution in [1.82, 2.24) is 16.0 Å². The van der Waals surface area contributed by atoms with Crippen LogP contribution in [0.15, 0.2) is 0 Å². The van der Waals surface area contributed by atoms with E-state index in [0.29, 0.717) is 23.4 Å². The molecule has 0 aromatic carbocycles.